The van der Waals surface area contributed by atoms with Gasteiger partial charge in [0.05, 0.1) is 18.1 Å². The van der Waals surface area contributed by atoms with Crippen molar-refractivity contribution in [3.8, 4) is 0 Å². The average Bonchev–Trinajstić information content (AvgIpc) is 1.15. The van der Waals surface area contributed by atoms with Gasteiger partial charge in [-0.25, -0.2) is 0 Å². The summed E-state index contributed by atoms with van der Waals surface area (Å²) in [6, 6.07) is 1.77. The number of rotatable bonds is 56. The first-order valence-corrected chi connectivity index (χ1v) is 36.9. The van der Waals surface area contributed by atoms with Gasteiger partial charge in [-0.15, -0.1) is 0 Å². The summed E-state index contributed by atoms with van der Waals surface area (Å²) in [5, 5.41) is 26.5. The van der Waals surface area contributed by atoms with Crippen molar-refractivity contribution in [2.45, 2.75) is 389 Å². The molecule has 0 radical (unpaired) electrons. The van der Waals surface area contributed by atoms with E-state index in [2.05, 4.69) is 153 Å². The Labute approximate surface area is 577 Å². The predicted octanol–water partition coefficient (Wildman–Crippen LogP) is 16.3. The maximum absolute atomic E-state index is 13.3. The molecule has 0 rings (SSSR count). The predicted molar refractivity (Wildman–Crippen MR) is 403 cm³/mol. The molecule has 0 aromatic rings. The topological polar surface area (TPSA) is 216 Å². The summed E-state index contributed by atoms with van der Waals surface area (Å²) >= 11 is 0. The lowest BCUT2D eigenvalue weighted by Crippen LogP contribution is -2.42. The molecule has 0 spiro atoms. The Balaban J connectivity index is -0.000000306. The van der Waals surface area contributed by atoms with E-state index in [0.717, 1.165) is 142 Å². The number of carbonyl (C=O) groups is 7. The van der Waals surface area contributed by atoms with E-state index in [-0.39, 0.29) is 123 Å². The first-order valence-electron chi connectivity index (χ1n) is 36.9. The molecule has 93 heavy (non-hydrogen) atoms. The molecule has 0 aromatic carbocycles. The molecule has 15 nitrogen and oxygen atoms in total. The zero-order chi connectivity index (χ0) is 69.1. The van der Waals surface area contributed by atoms with Crippen LogP contribution < -0.4 is 42.5 Å². The summed E-state index contributed by atoms with van der Waals surface area (Å²) in [5.74, 6) is 2.45. The van der Waals surface area contributed by atoms with Crippen molar-refractivity contribution in [1.82, 2.24) is 42.5 Å². The molecule has 0 saturated heterocycles. The van der Waals surface area contributed by atoms with E-state index in [1.807, 2.05) is 41.5 Å². The van der Waals surface area contributed by atoms with E-state index in [9.17, 15) is 33.6 Å². The van der Waals surface area contributed by atoms with Gasteiger partial charge in [-0.1, -0.05) is 220 Å². The third kappa shape index (κ3) is 63.5. The van der Waals surface area contributed by atoms with Gasteiger partial charge >= 0.3 is 0 Å². The van der Waals surface area contributed by atoms with Crippen molar-refractivity contribution in [2.75, 3.05) is 32.7 Å². The van der Waals surface area contributed by atoms with Crippen LogP contribution in [-0.4, -0.2) is 128 Å². The lowest BCUT2D eigenvalue weighted by molar-refractivity contribution is -0.131. The molecule has 8 N–H and O–H groups in total. The zero-order valence-corrected chi connectivity index (χ0v) is 62.8. The van der Waals surface area contributed by atoms with Gasteiger partial charge in [0.25, 0.3) is 0 Å². The van der Waals surface area contributed by atoms with Gasteiger partial charge in [0, 0.05) is 105 Å². The Hall–Kier alpha value is -2.95. The van der Waals surface area contributed by atoms with Crippen LogP contribution in [0, 0.1) is 41.4 Å². The summed E-state index contributed by atoms with van der Waals surface area (Å²) in [6.45, 7) is 50.1. The third-order valence-electron chi connectivity index (χ3n) is 16.0. The molecule has 0 bridgehead atoms. The van der Waals surface area contributed by atoms with Gasteiger partial charge in [0.15, 0.2) is 5.78 Å². The number of unbranched alkanes of at least 4 members (excludes halogenated alkanes) is 7. The van der Waals surface area contributed by atoms with Crippen LogP contribution in [0.1, 0.15) is 335 Å². The molecule has 0 aliphatic heterocycles. The number of amides is 2. The monoisotopic (exact) mass is 1320 g/mol. The second-order valence-corrected chi connectivity index (χ2v) is 29.8. The fourth-order valence-corrected chi connectivity index (χ4v) is 10.9. The van der Waals surface area contributed by atoms with Gasteiger partial charge in [-0.05, 0) is 121 Å². The lowest BCUT2D eigenvalue weighted by atomic mass is 9.85. The van der Waals surface area contributed by atoms with Crippen LogP contribution in [0.3, 0.4) is 0 Å². The number of hydrogen-bond acceptors (Lipinski definition) is 13. The first-order chi connectivity index (χ1) is 42.2. The maximum Gasteiger partial charge on any atom is 0.219 e. The molecule has 5 unspecified atom stereocenters. The zero-order valence-electron chi connectivity index (χ0n) is 62.8. The molecule has 0 heterocycles. The Bertz CT molecular complexity index is 1820. The Morgan fingerprint density at radius 2 is 0.527 bits per heavy atom. The molecular formula is C78H162N8O7. The van der Waals surface area contributed by atoms with Crippen molar-refractivity contribution < 1.29 is 33.6 Å². The molecule has 2 amide bonds. The second kappa shape index (κ2) is 63.8. The molecule has 15 heteroatoms. The minimum absolute atomic E-state index is 0. The Morgan fingerprint density at radius 3 is 0.796 bits per heavy atom. The third-order valence-corrected chi connectivity index (χ3v) is 16.0. The van der Waals surface area contributed by atoms with Crippen LogP contribution in [-0.2, 0) is 33.6 Å². The number of ketones is 5. The molecule has 5 atom stereocenters. The molecule has 0 fully saturated rings. The largest absolute Gasteiger partial charge is 0.356 e. The van der Waals surface area contributed by atoms with E-state index >= 15 is 0 Å². The minimum Gasteiger partial charge on any atom is -0.356 e. The van der Waals surface area contributed by atoms with Gasteiger partial charge in [0.1, 0.15) is 23.1 Å². The molecule has 556 valence electrons. The van der Waals surface area contributed by atoms with Crippen LogP contribution in [0.2, 0.25) is 0 Å². The van der Waals surface area contributed by atoms with E-state index in [1.54, 1.807) is 0 Å². The van der Waals surface area contributed by atoms with Crippen LogP contribution in [0.25, 0.3) is 0 Å². The number of nitrogens with one attached hydrogen (secondary N) is 8. The molecular weight excluding hydrogens is 1160 g/mol. The van der Waals surface area contributed by atoms with Crippen LogP contribution >= 0.6 is 0 Å². The molecule has 0 aliphatic rings. The average molecular weight is 1320 g/mol. The summed E-state index contributed by atoms with van der Waals surface area (Å²) in [4.78, 5) is 88.0. The van der Waals surface area contributed by atoms with Crippen molar-refractivity contribution in [3.63, 3.8) is 0 Å². The Morgan fingerprint density at radius 1 is 0.269 bits per heavy atom. The lowest BCUT2D eigenvalue weighted by Gasteiger charge is -2.24. The summed E-state index contributed by atoms with van der Waals surface area (Å²) in [6.07, 6.45) is 22.2. The number of Topliss-reactive ketones (excluding diaryl/α,β-unsaturated/α-hetero) is 5. The van der Waals surface area contributed by atoms with Crippen molar-refractivity contribution in [2.24, 2.45) is 41.4 Å². The van der Waals surface area contributed by atoms with Crippen molar-refractivity contribution >= 4 is 40.7 Å². The smallest absolute Gasteiger partial charge is 0.219 e. The molecule has 0 aromatic heterocycles. The molecule has 0 aliphatic carbocycles. The minimum atomic E-state index is -0.234. The van der Waals surface area contributed by atoms with Crippen LogP contribution in [0.5, 0.6) is 0 Å². The first kappa shape index (κ1) is 101. The standard InChI is InChI=1S/C30H59N3O3.C25H51N3O2.C20H40N2O2.3CH4/c1-22(2)15-9-10-18-29(35)32-20-14-12-17-27(33-25(7)8)28(34)21-26(30(36)23(3)4)16-11-13-19-31-24(5)6;1-18(2)25(30)22(13-9-11-15-26-19(3)4)17-24(29)23(28-21(7)8)14-10-12-16-27-20(5)6;1-15(2)11-7-8-13-19(23)21-14-10-9-12-18(22-17(5)6)20(24)16(3)4;;;/h22-27,31,33H,9-21H2,1-8H3,(H,32,35);18-23,26-28H,9-17H2,1-8H3;15-18,22H,7-14H2,1-6H3,(H,21,23);3*1H4. The summed E-state index contributed by atoms with van der Waals surface area (Å²) in [5.41, 5.74) is 0. The summed E-state index contributed by atoms with van der Waals surface area (Å²) < 4.78 is 0. The van der Waals surface area contributed by atoms with Crippen molar-refractivity contribution in [3.05, 3.63) is 0 Å². The van der Waals surface area contributed by atoms with Gasteiger partial charge in [-0.3, -0.25) is 33.6 Å². The Kier molecular flexibility index (Phi) is 69.3. The quantitative estimate of drug-likeness (QED) is 0.0266. The van der Waals surface area contributed by atoms with Crippen molar-refractivity contribution in [1.29, 1.82) is 0 Å². The summed E-state index contributed by atoms with van der Waals surface area (Å²) in [7, 11) is 0. The number of hydrogen-bond donors (Lipinski definition) is 8. The highest BCUT2D eigenvalue weighted by atomic mass is 16.2. The fraction of sp³-hybridized carbons (Fsp3) is 0.910. The van der Waals surface area contributed by atoms with E-state index in [1.165, 1.54) is 12.8 Å². The van der Waals surface area contributed by atoms with Gasteiger partial charge in [-0.2, -0.15) is 0 Å². The van der Waals surface area contributed by atoms with E-state index in [0.29, 0.717) is 74.8 Å². The van der Waals surface area contributed by atoms with Gasteiger partial charge < -0.3 is 42.5 Å². The van der Waals surface area contributed by atoms with E-state index < -0.39 is 0 Å². The highest BCUT2D eigenvalue weighted by Crippen LogP contribution is 2.23. The number of carbonyl (C=O) groups excluding carboxylic acids is 7. The van der Waals surface area contributed by atoms with Crippen LogP contribution in [0.15, 0.2) is 0 Å². The fourth-order valence-electron chi connectivity index (χ4n) is 10.9. The highest BCUT2D eigenvalue weighted by molar-refractivity contribution is 5.92. The molecule has 0 saturated carbocycles. The normalized spacial score (nSPS) is 13.1. The SMILES string of the molecule is C.C.C.CC(C)CCCCC(=O)NCCCCC(NC(C)C)C(=O)C(C)C.CC(C)CCCCC(=O)NCCCCC(NC(C)C)C(=O)CC(CCCCNC(C)C)C(=O)C(C)C.CC(C)NCCCCC(CC(=O)C(CCCCNC(C)C)NC(C)C)C(=O)C(C)C. The van der Waals surface area contributed by atoms with E-state index in [4.69, 9.17) is 0 Å². The van der Waals surface area contributed by atoms with Gasteiger partial charge in [0.2, 0.25) is 11.8 Å². The highest BCUT2D eigenvalue weighted by Gasteiger charge is 2.30. The second-order valence-electron chi connectivity index (χ2n) is 29.8. The van der Waals surface area contributed by atoms with Crippen LogP contribution in [0.4, 0.5) is 0 Å². The maximum atomic E-state index is 13.3.